The van der Waals surface area contributed by atoms with Crippen LogP contribution in [-0.4, -0.2) is 17.4 Å². The van der Waals surface area contributed by atoms with E-state index in [9.17, 15) is 4.79 Å². The number of carbonyl (C=O) groups is 1. The van der Waals surface area contributed by atoms with E-state index in [1.54, 1.807) is 0 Å². The first-order valence-corrected chi connectivity index (χ1v) is 4.77. The fourth-order valence-corrected chi connectivity index (χ4v) is 2.16. The summed E-state index contributed by atoms with van der Waals surface area (Å²) in [5.74, 6) is 0.460. The van der Waals surface area contributed by atoms with E-state index >= 15 is 0 Å². The summed E-state index contributed by atoms with van der Waals surface area (Å²) in [6.07, 6.45) is 6.56. The SMILES string of the molecule is O=C1NCC2Cc3ccncc3C=C12. The van der Waals surface area contributed by atoms with Crippen LogP contribution in [0.25, 0.3) is 6.08 Å². The molecule has 1 aliphatic heterocycles. The topological polar surface area (TPSA) is 42.0 Å². The van der Waals surface area contributed by atoms with Gasteiger partial charge in [-0.2, -0.15) is 0 Å². The van der Waals surface area contributed by atoms with Gasteiger partial charge in [0.05, 0.1) is 0 Å². The normalized spacial score (nSPS) is 23.6. The molecule has 2 heterocycles. The smallest absolute Gasteiger partial charge is 0.247 e. The molecule has 1 aromatic heterocycles. The lowest BCUT2D eigenvalue weighted by Gasteiger charge is -2.17. The van der Waals surface area contributed by atoms with Crippen LogP contribution in [0.15, 0.2) is 24.0 Å². The maximum absolute atomic E-state index is 11.4. The number of nitrogens with one attached hydrogen (secondary N) is 1. The van der Waals surface area contributed by atoms with Crippen molar-refractivity contribution in [2.75, 3.05) is 6.54 Å². The minimum Gasteiger partial charge on any atom is -0.352 e. The van der Waals surface area contributed by atoms with Crippen molar-refractivity contribution in [3.05, 3.63) is 35.2 Å². The lowest BCUT2D eigenvalue weighted by molar-refractivity contribution is -0.116. The van der Waals surface area contributed by atoms with Gasteiger partial charge in [-0.1, -0.05) is 0 Å². The third kappa shape index (κ3) is 0.985. The van der Waals surface area contributed by atoms with Crippen molar-refractivity contribution in [2.24, 2.45) is 5.92 Å². The molecule has 0 bridgehead atoms. The lowest BCUT2D eigenvalue weighted by Crippen LogP contribution is -2.14. The van der Waals surface area contributed by atoms with E-state index in [2.05, 4.69) is 10.3 Å². The van der Waals surface area contributed by atoms with Crippen molar-refractivity contribution in [1.82, 2.24) is 10.3 Å². The van der Waals surface area contributed by atoms with Crippen LogP contribution in [-0.2, 0) is 11.2 Å². The number of amides is 1. The first kappa shape index (κ1) is 7.74. The van der Waals surface area contributed by atoms with Gasteiger partial charge < -0.3 is 5.32 Å². The standard InChI is InChI=1S/C11H10N2O/c14-11-10-4-8-5-12-2-1-7(8)3-9(10)6-13-11/h1-2,4-5,9H,3,6H2,(H,13,14). The Bertz CT molecular complexity index is 437. The van der Waals surface area contributed by atoms with Crippen LogP contribution < -0.4 is 5.32 Å². The van der Waals surface area contributed by atoms with E-state index in [0.717, 1.165) is 24.1 Å². The number of aromatic nitrogens is 1. The summed E-state index contributed by atoms with van der Waals surface area (Å²) in [5.41, 5.74) is 3.31. The number of fused-ring (bicyclic) bond motifs is 2. The zero-order valence-corrected chi connectivity index (χ0v) is 7.66. The van der Waals surface area contributed by atoms with E-state index in [0.29, 0.717) is 5.92 Å². The van der Waals surface area contributed by atoms with Gasteiger partial charge in [0.1, 0.15) is 0 Å². The molecule has 1 amide bonds. The molecular weight excluding hydrogens is 176 g/mol. The highest BCUT2D eigenvalue weighted by molar-refractivity contribution is 6.01. The number of rotatable bonds is 0. The molecule has 0 radical (unpaired) electrons. The Morgan fingerprint density at radius 3 is 3.36 bits per heavy atom. The van der Waals surface area contributed by atoms with Crippen molar-refractivity contribution in [2.45, 2.75) is 6.42 Å². The van der Waals surface area contributed by atoms with Gasteiger partial charge in [0.25, 0.3) is 0 Å². The highest BCUT2D eigenvalue weighted by atomic mass is 16.2. The molecule has 1 saturated heterocycles. The Morgan fingerprint density at radius 2 is 2.43 bits per heavy atom. The molecule has 3 rings (SSSR count). The van der Waals surface area contributed by atoms with Crippen LogP contribution in [0, 0.1) is 5.92 Å². The monoisotopic (exact) mass is 186 g/mol. The second-order valence-electron chi connectivity index (χ2n) is 3.79. The van der Waals surface area contributed by atoms with Crippen LogP contribution >= 0.6 is 0 Å². The molecule has 1 fully saturated rings. The summed E-state index contributed by atoms with van der Waals surface area (Å²) in [6.45, 7) is 0.784. The van der Waals surface area contributed by atoms with Gasteiger partial charge in [-0.05, 0) is 29.7 Å². The van der Waals surface area contributed by atoms with E-state index in [4.69, 9.17) is 0 Å². The van der Waals surface area contributed by atoms with Crippen LogP contribution in [0.2, 0.25) is 0 Å². The molecule has 70 valence electrons. The summed E-state index contributed by atoms with van der Waals surface area (Å²) in [7, 11) is 0. The third-order valence-electron chi connectivity index (χ3n) is 2.93. The maximum atomic E-state index is 11.4. The average Bonchev–Trinajstić information content (AvgIpc) is 2.57. The minimum absolute atomic E-state index is 0.0875. The van der Waals surface area contributed by atoms with Crippen molar-refractivity contribution in [3.63, 3.8) is 0 Å². The van der Waals surface area contributed by atoms with Gasteiger partial charge in [0.15, 0.2) is 0 Å². The van der Waals surface area contributed by atoms with Crippen molar-refractivity contribution in [3.8, 4) is 0 Å². The van der Waals surface area contributed by atoms with E-state index in [1.165, 1.54) is 5.56 Å². The quantitative estimate of drug-likeness (QED) is 0.650. The van der Waals surface area contributed by atoms with Crippen LogP contribution in [0.3, 0.4) is 0 Å². The molecule has 0 spiro atoms. The number of pyridine rings is 1. The van der Waals surface area contributed by atoms with Gasteiger partial charge in [0.2, 0.25) is 5.91 Å². The number of nitrogens with zero attached hydrogens (tertiary/aromatic N) is 1. The summed E-state index contributed by atoms with van der Waals surface area (Å²) in [4.78, 5) is 15.5. The largest absolute Gasteiger partial charge is 0.352 e. The number of carbonyl (C=O) groups excluding carboxylic acids is 1. The first-order valence-electron chi connectivity index (χ1n) is 4.77. The second kappa shape index (κ2) is 2.67. The average molecular weight is 186 g/mol. The Hall–Kier alpha value is -1.64. The van der Waals surface area contributed by atoms with Gasteiger partial charge in [-0.3, -0.25) is 9.78 Å². The molecule has 3 heteroatoms. The van der Waals surface area contributed by atoms with E-state index in [1.807, 2.05) is 24.5 Å². The molecule has 1 N–H and O–H groups in total. The highest BCUT2D eigenvalue weighted by Gasteiger charge is 2.31. The predicted molar refractivity (Wildman–Crippen MR) is 52.4 cm³/mol. The van der Waals surface area contributed by atoms with Crippen LogP contribution in [0.5, 0.6) is 0 Å². The first-order chi connectivity index (χ1) is 6.84. The predicted octanol–water partition coefficient (Wildman–Crippen LogP) is 0.767. The van der Waals surface area contributed by atoms with Crippen molar-refractivity contribution in [1.29, 1.82) is 0 Å². The Kier molecular flexibility index (Phi) is 1.48. The summed E-state index contributed by atoms with van der Waals surface area (Å²) in [6, 6.07) is 2.03. The molecule has 0 saturated carbocycles. The summed E-state index contributed by atoms with van der Waals surface area (Å²) >= 11 is 0. The second-order valence-corrected chi connectivity index (χ2v) is 3.79. The Labute approximate surface area is 81.9 Å². The zero-order valence-electron chi connectivity index (χ0n) is 7.66. The third-order valence-corrected chi connectivity index (χ3v) is 2.93. The van der Waals surface area contributed by atoms with Crippen molar-refractivity contribution < 1.29 is 4.79 Å². The fourth-order valence-electron chi connectivity index (χ4n) is 2.16. The fraction of sp³-hybridized carbons (Fsp3) is 0.273. The molecule has 0 aromatic carbocycles. The van der Waals surface area contributed by atoms with Gasteiger partial charge >= 0.3 is 0 Å². The van der Waals surface area contributed by atoms with Crippen molar-refractivity contribution >= 4 is 12.0 Å². The molecule has 1 unspecified atom stereocenters. The zero-order chi connectivity index (χ0) is 9.54. The number of hydrogen-bond donors (Lipinski definition) is 1. The van der Waals surface area contributed by atoms with E-state index in [-0.39, 0.29) is 5.91 Å². The number of hydrogen-bond acceptors (Lipinski definition) is 2. The minimum atomic E-state index is 0.0875. The van der Waals surface area contributed by atoms with E-state index < -0.39 is 0 Å². The maximum Gasteiger partial charge on any atom is 0.247 e. The molecule has 14 heavy (non-hydrogen) atoms. The van der Waals surface area contributed by atoms with Gasteiger partial charge in [-0.15, -0.1) is 0 Å². The van der Waals surface area contributed by atoms with Gasteiger partial charge in [0, 0.05) is 30.4 Å². The lowest BCUT2D eigenvalue weighted by atomic mass is 9.86. The van der Waals surface area contributed by atoms with Crippen LogP contribution in [0.1, 0.15) is 11.1 Å². The summed E-state index contributed by atoms with van der Waals surface area (Å²) in [5, 5.41) is 2.87. The molecular formula is C11H10N2O. The molecule has 2 aliphatic rings. The molecule has 1 aliphatic carbocycles. The molecule has 3 nitrogen and oxygen atoms in total. The molecule has 1 atom stereocenters. The van der Waals surface area contributed by atoms with Crippen LogP contribution in [0.4, 0.5) is 0 Å². The Morgan fingerprint density at radius 1 is 1.50 bits per heavy atom. The summed E-state index contributed by atoms with van der Waals surface area (Å²) < 4.78 is 0. The Balaban J connectivity index is 2.13. The van der Waals surface area contributed by atoms with Gasteiger partial charge in [-0.25, -0.2) is 0 Å². The highest BCUT2D eigenvalue weighted by Crippen LogP contribution is 2.30. The molecule has 1 aromatic rings.